The molecule has 0 aliphatic heterocycles. The number of benzene rings is 1. The van der Waals surface area contributed by atoms with E-state index in [4.69, 9.17) is 4.74 Å². The monoisotopic (exact) mass is 475 g/mol. The van der Waals surface area contributed by atoms with Gasteiger partial charge in [0.2, 0.25) is 11.8 Å². The van der Waals surface area contributed by atoms with E-state index in [9.17, 15) is 14.4 Å². The van der Waals surface area contributed by atoms with Crippen molar-refractivity contribution in [2.75, 3.05) is 13.1 Å². The summed E-state index contributed by atoms with van der Waals surface area (Å²) in [7, 11) is 0. The van der Waals surface area contributed by atoms with Crippen LogP contribution in [-0.4, -0.2) is 47.5 Å². The number of nitrogens with zero attached hydrogens (tertiary/aromatic N) is 1. The summed E-state index contributed by atoms with van der Waals surface area (Å²) in [5, 5.41) is 5.76. The third-order valence-electron chi connectivity index (χ3n) is 5.35. The fourth-order valence-corrected chi connectivity index (χ4v) is 3.71. The molecule has 0 aromatic heterocycles. The van der Waals surface area contributed by atoms with Crippen LogP contribution in [0, 0.1) is 12.8 Å². The van der Waals surface area contributed by atoms with E-state index in [0.29, 0.717) is 19.5 Å². The standard InChI is InChI=1S/C27H45N3O4/c1-9-11-12-17-28-24(31)23(21-15-13-20(5)14-16-21)30(10-2)25(32)22(18-19(3)4)29-26(33)34-27(6,7)8/h13-16,19,22-23H,9-12,17-18H2,1-8H3,(H,28,31)(H,29,33). The Labute approximate surface area is 206 Å². The lowest BCUT2D eigenvalue weighted by Gasteiger charge is -2.34. The minimum absolute atomic E-state index is 0.156. The molecular weight excluding hydrogens is 430 g/mol. The van der Waals surface area contributed by atoms with E-state index in [1.54, 1.807) is 25.7 Å². The molecule has 0 saturated carbocycles. The Hall–Kier alpha value is -2.57. The van der Waals surface area contributed by atoms with Crippen molar-refractivity contribution in [3.63, 3.8) is 0 Å². The quantitative estimate of drug-likeness (QED) is 0.410. The molecule has 2 atom stereocenters. The van der Waals surface area contributed by atoms with Crippen LogP contribution in [0.15, 0.2) is 24.3 Å². The van der Waals surface area contributed by atoms with Crippen LogP contribution in [0.5, 0.6) is 0 Å². The number of alkyl carbamates (subject to hydrolysis) is 1. The average molecular weight is 476 g/mol. The molecule has 0 radical (unpaired) electrons. The van der Waals surface area contributed by atoms with E-state index in [0.717, 1.165) is 30.4 Å². The smallest absolute Gasteiger partial charge is 0.408 e. The zero-order chi connectivity index (χ0) is 25.9. The van der Waals surface area contributed by atoms with Crippen LogP contribution >= 0.6 is 0 Å². The number of nitrogens with one attached hydrogen (secondary N) is 2. The van der Waals surface area contributed by atoms with E-state index in [1.165, 1.54) is 0 Å². The van der Waals surface area contributed by atoms with Crippen LogP contribution in [0.1, 0.15) is 91.3 Å². The molecule has 0 bridgehead atoms. The van der Waals surface area contributed by atoms with Crippen LogP contribution in [0.3, 0.4) is 0 Å². The Morgan fingerprint density at radius 3 is 2.15 bits per heavy atom. The Morgan fingerprint density at radius 1 is 1.03 bits per heavy atom. The van der Waals surface area contributed by atoms with Crippen molar-refractivity contribution < 1.29 is 19.1 Å². The van der Waals surface area contributed by atoms with Crippen molar-refractivity contribution in [2.45, 2.75) is 98.8 Å². The largest absolute Gasteiger partial charge is 0.444 e. The highest BCUT2D eigenvalue weighted by atomic mass is 16.6. The van der Waals surface area contributed by atoms with Gasteiger partial charge in [0.25, 0.3) is 0 Å². The molecule has 192 valence electrons. The molecule has 0 spiro atoms. The number of carbonyl (C=O) groups is 3. The molecule has 1 aromatic rings. The van der Waals surface area contributed by atoms with Gasteiger partial charge in [0.1, 0.15) is 17.7 Å². The van der Waals surface area contributed by atoms with Gasteiger partial charge < -0.3 is 20.3 Å². The number of hydrogen-bond donors (Lipinski definition) is 2. The van der Waals surface area contributed by atoms with Gasteiger partial charge in [-0.3, -0.25) is 9.59 Å². The molecule has 1 aromatic carbocycles. The van der Waals surface area contributed by atoms with Gasteiger partial charge >= 0.3 is 6.09 Å². The molecule has 2 unspecified atom stereocenters. The Balaban J connectivity index is 3.25. The second-order valence-electron chi connectivity index (χ2n) is 10.3. The predicted molar refractivity (Wildman–Crippen MR) is 136 cm³/mol. The van der Waals surface area contributed by atoms with Gasteiger partial charge in [-0.2, -0.15) is 0 Å². The second kappa shape index (κ2) is 14.0. The predicted octanol–water partition coefficient (Wildman–Crippen LogP) is 5.13. The van der Waals surface area contributed by atoms with E-state index >= 15 is 0 Å². The number of amides is 3. The van der Waals surface area contributed by atoms with Gasteiger partial charge in [0.05, 0.1) is 0 Å². The number of aryl methyl sites for hydroxylation is 1. The summed E-state index contributed by atoms with van der Waals surface area (Å²) < 4.78 is 5.40. The molecule has 7 heteroatoms. The molecule has 0 saturated heterocycles. The number of unbranched alkanes of at least 4 members (excludes halogenated alkanes) is 2. The third-order valence-corrected chi connectivity index (χ3v) is 5.35. The molecule has 7 nitrogen and oxygen atoms in total. The lowest BCUT2D eigenvalue weighted by Crippen LogP contribution is -2.53. The lowest BCUT2D eigenvalue weighted by molar-refractivity contribution is -0.142. The summed E-state index contributed by atoms with van der Waals surface area (Å²) in [6, 6.07) is 6.08. The Morgan fingerprint density at radius 2 is 1.65 bits per heavy atom. The number of hydrogen-bond acceptors (Lipinski definition) is 4. The maximum Gasteiger partial charge on any atom is 0.408 e. The highest BCUT2D eigenvalue weighted by Crippen LogP contribution is 2.24. The molecular formula is C27H45N3O4. The molecule has 1 rings (SSSR count). The van der Waals surface area contributed by atoms with Crippen LogP contribution in [-0.2, 0) is 14.3 Å². The minimum atomic E-state index is -0.796. The van der Waals surface area contributed by atoms with Crippen molar-refractivity contribution in [3.05, 3.63) is 35.4 Å². The Kier molecular flexibility index (Phi) is 12.1. The number of likely N-dealkylation sites (N-methyl/N-ethyl adjacent to an activating group) is 1. The summed E-state index contributed by atoms with van der Waals surface area (Å²) in [5.41, 5.74) is 1.14. The number of ether oxygens (including phenoxy) is 1. The SMILES string of the molecule is CCCCCNC(=O)C(c1ccc(C)cc1)N(CC)C(=O)C(CC(C)C)NC(=O)OC(C)(C)C. The molecule has 0 aliphatic carbocycles. The number of rotatable bonds is 12. The first-order chi connectivity index (χ1) is 15.9. The van der Waals surface area contributed by atoms with E-state index in [2.05, 4.69) is 17.6 Å². The Bertz CT molecular complexity index is 784. The van der Waals surface area contributed by atoms with Crippen molar-refractivity contribution in [1.82, 2.24) is 15.5 Å². The van der Waals surface area contributed by atoms with Crippen LogP contribution in [0.2, 0.25) is 0 Å². The maximum atomic E-state index is 13.7. The topological polar surface area (TPSA) is 87.7 Å². The molecule has 3 amide bonds. The van der Waals surface area contributed by atoms with Crippen molar-refractivity contribution in [2.24, 2.45) is 5.92 Å². The fourth-order valence-electron chi connectivity index (χ4n) is 3.71. The van der Waals surface area contributed by atoms with Crippen molar-refractivity contribution in [1.29, 1.82) is 0 Å². The van der Waals surface area contributed by atoms with Gasteiger partial charge in [-0.1, -0.05) is 63.4 Å². The summed E-state index contributed by atoms with van der Waals surface area (Å²) in [4.78, 5) is 41.1. The van der Waals surface area contributed by atoms with Crippen molar-refractivity contribution in [3.8, 4) is 0 Å². The maximum absolute atomic E-state index is 13.7. The summed E-state index contributed by atoms with van der Waals surface area (Å²) >= 11 is 0. The number of carbonyl (C=O) groups excluding carboxylic acids is 3. The molecule has 0 fully saturated rings. The van der Waals surface area contributed by atoms with Crippen molar-refractivity contribution >= 4 is 17.9 Å². The summed E-state index contributed by atoms with van der Waals surface area (Å²) in [6.07, 6.45) is 2.77. The second-order valence-corrected chi connectivity index (χ2v) is 10.3. The first-order valence-corrected chi connectivity index (χ1v) is 12.5. The lowest BCUT2D eigenvalue weighted by atomic mass is 9.98. The molecule has 0 aliphatic rings. The highest BCUT2D eigenvalue weighted by Gasteiger charge is 2.35. The zero-order valence-corrected chi connectivity index (χ0v) is 22.4. The first kappa shape index (κ1) is 29.5. The van der Waals surface area contributed by atoms with Crippen LogP contribution in [0.25, 0.3) is 0 Å². The van der Waals surface area contributed by atoms with Gasteiger partial charge in [-0.05, 0) is 58.9 Å². The van der Waals surface area contributed by atoms with Gasteiger partial charge in [0.15, 0.2) is 0 Å². The minimum Gasteiger partial charge on any atom is -0.444 e. The molecule has 0 heterocycles. The third kappa shape index (κ3) is 10.1. The summed E-state index contributed by atoms with van der Waals surface area (Å²) in [5.74, 6) is -0.352. The first-order valence-electron chi connectivity index (χ1n) is 12.5. The van der Waals surface area contributed by atoms with E-state index < -0.39 is 23.8 Å². The highest BCUT2D eigenvalue weighted by molar-refractivity contribution is 5.92. The van der Waals surface area contributed by atoms with Crippen LogP contribution in [0.4, 0.5) is 4.79 Å². The molecule has 34 heavy (non-hydrogen) atoms. The molecule has 2 N–H and O–H groups in total. The van der Waals surface area contributed by atoms with Gasteiger partial charge in [-0.15, -0.1) is 0 Å². The van der Waals surface area contributed by atoms with Crippen LogP contribution < -0.4 is 10.6 Å². The van der Waals surface area contributed by atoms with Gasteiger partial charge in [-0.25, -0.2) is 4.79 Å². The fraction of sp³-hybridized carbons (Fsp3) is 0.667. The summed E-state index contributed by atoms with van der Waals surface area (Å²) in [6.45, 7) is 16.1. The zero-order valence-electron chi connectivity index (χ0n) is 22.4. The van der Waals surface area contributed by atoms with E-state index in [1.807, 2.05) is 52.0 Å². The average Bonchev–Trinajstić information content (AvgIpc) is 2.73. The normalized spacial score (nSPS) is 13.2. The van der Waals surface area contributed by atoms with E-state index in [-0.39, 0.29) is 17.7 Å². The van der Waals surface area contributed by atoms with Gasteiger partial charge in [0, 0.05) is 13.1 Å².